The predicted octanol–water partition coefficient (Wildman–Crippen LogP) is 4.19. The van der Waals surface area contributed by atoms with Gasteiger partial charge in [-0.15, -0.1) is 0 Å². The molecule has 6 heteroatoms. The summed E-state index contributed by atoms with van der Waals surface area (Å²) in [4.78, 5) is 35.6. The van der Waals surface area contributed by atoms with Gasteiger partial charge in [0.15, 0.2) is 0 Å². The minimum atomic E-state index is -0.547. The molecular formula is C20H16O5S. The molecule has 0 bridgehead atoms. The van der Waals surface area contributed by atoms with Gasteiger partial charge in [-0.2, -0.15) is 0 Å². The first kappa shape index (κ1) is 19.2. The predicted molar refractivity (Wildman–Crippen MR) is 99.4 cm³/mol. The van der Waals surface area contributed by atoms with Crippen LogP contribution in [0.1, 0.15) is 17.3 Å². The molecule has 0 unspecified atom stereocenters. The number of hydrogen-bond acceptors (Lipinski definition) is 6. The van der Waals surface area contributed by atoms with Crippen molar-refractivity contribution in [1.82, 2.24) is 0 Å². The first-order valence-corrected chi connectivity index (χ1v) is 8.35. The third-order valence-electron chi connectivity index (χ3n) is 3.07. The largest absolute Gasteiger partial charge is 0.423 e. The first-order chi connectivity index (χ1) is 12.4. The lowest BCUT2D eigenvalue weighted by Gasteiger charge is -2.06. The van der Waals surface area contributed by atoms with Crippen molar-refractivity contribution in [2.75, 3.05) is 0 Å². The minimum Gasteiger partial charge on any atom is -0.423 e. The van der Waals surface area contributed by atoms with Gasteiger partial charge in [0, 0.05) is 22.1 Å². The van der Waals surface area contributed by atoms with Crippen LogP contribution in [0.5, 0.6) is 11.5 Å². The van der Waals surface area contributed by atoms with Crippen LogP contribution in [-0.2, 0) is 9.59 Å². The summed E-state index contributed by atoms with van der Waals surface area (Å²) in [5.74, 6) is -0.354. The highest BCUT2D eigenvalue weighted by atomic mass is 32.2. The van der Waals surface area contributed by atoms with Crippen molar-refractivity contribution in [3.8, 4) is 11.5 Å². The van der Waals surface area contributed by atoms with Crippen molar-refractivity contribution in [1.29, 1.82) is 0 Å². The van der Waals surface area contributed by atoms with Gasteiger partial charge < -0.3 is 9.47 Å². The van der Waals surface area contributed by atoms with Crippen LogP contribution in [0.2, 0.25) is 0 Å². The Morgan fingerprint density at radius 1 is 0.923 bits per heavy atom. The Labute approximate surface area is 155 Å². The second-order valence-corrected chi connectivity index (χ2v) is 6.23. The van der Waals surface area contributed by atoms with Crippen molar-refractivity contribution in [3.05, 3.63) is 78.9 Å². The molecule has 0 saturated carbocycles. The third-order valence-corrected chi connectivity index (χ3v) is 4.00. The maximum absolute atomic E-state index is 12.3. The summed E-state index contributed by atoms with van der Waals surface area (Å²) in [6, 6.07) is 12.8. The lowest BCUT2D eigenvalue weighted by molar-refractivity contribution is -0.130. The summed E-state index contributed by atoms with van der Waals surface area (Å²) in [6.07, 6.45) is 1.07. The molecular weight excluding hydrogens is 352 g/mol. The van der Waals surface area contributed by atoms with Gasteiger partial charge in [0.05, 0.1) is 0 Å². The molecule has 2 aromatic rings. The molecule has 0 atom stereocenters. The summed E-state index contributed by atoms with van der Waals surface area (Å²) >= 11 is 1.03. The quantitative estimate of drug-likeness (QED) is 0.330. The lowest BCUT2D eigenvalue weighted by Crippen LogP contribution is -2.08. The average Bonchev–Trinajstić information content (AvgIpc) is 2.63. The number of thioether (sulfide) groups is 1. The Morgan fingerprint density at radius 2 is 1.46 bits per heavy atom. The Kier molecular flexibility index (Phi) is 6.52. The number of carbonyl (C=O) groups excluding carboxylic acids is 3. The molecule has 0 aliphatic rings. The van der Waals surface area contributed by atoms with Crippen molar-refractivity contribution < 1.29 is 23.9 Å². The Morgan fingerprint density at radius 3 is 2.00 bits per heavy atom. The van der Waals surface area contributed by atoms with Crippen LogP contribution in [-0.4, -0.2) is 17.1 Å². The molecule has 2 rings (SSSR count). The highest BCUT2D eigenvalue weighted by molar-refractivity contribution is 8.14. The maximum Gasteiger partial charge on any atom is 0.338 e. The van der Waals surface area contributed by atoms with Gasteiger partial charge in [0.25, 0.3) is 0 Å². The van der Waals surface area contributed by atoms with E-state index in [9.17, 15) is 14.4 Å². The van der Waals surface area contributed by atoms with Crippen molar-refractivity contribution in [2.45, 2.75) is 11.8 Å². The van der Waals surface area contributed by atoms with E-state index in [-0.39, 0.29) is 5.12 Å². The number of esters is 2. The summed E-state index contributed by atoms with van der Waals surface area (Å²) < 4.78 is 10.0. The van der Waals surface area contributed by atoms with Crippen LogP contribution in [0.4, 0.5) is 0 Å². The van der Waals surface area contributed by atoms with Crippen LogP contribution >= 0.6 is 11.8 Å². The summed E-state index contributed by atoms with van der Waals surface area (Å²) in [6.45, 7) is 8.38. The molecule has 2 aromatic carbocycles. The molecule has 0 spiro atoms. The molecule has 132 valence electrons. The zero-order valence-corrected chi connectivity index (χ0v) is 14.9. The SMILES string of the molecule is C=CC(=O)Oc1ccc(SC(=O)c2ccc(OC(=O)C(=C)C)cc2)cc1. The van der Waals surface area contributed by atoms with Crippen molar-refractivity contribution in [3.63, 3.8) is 0 Å². The van der Waals surface area contributed by atoms with E-state index >= 15 is 0 Å². The van der Waals surface area contributed by atoms with Crippen LogP contribution in [0.25, 0.3) is 0 Å². The Balaban J connectivity index is 1.99. The molecule has 26 heavy (non-hydrogen) atoms. The molecule has 0 saturated heterocycles. The minimum absolute atomic E-state index is 0.168. The van der Waals surface area contributed by atoms with E-state index in [1.807, 2.05) is 0 Å². The van der Waals surface area contributed by atoms with Crippen LogP contribution in [0.15, 0.2) is 78.2 Å². The zero-order valence-electron chi connectivity index (χ0n) is 14.1. The fraction of sp³-hybridized carbons (Fsp3) is 0.0500. The molecule has 0 radical (unpaired) electrons. The number of rotatable bonds is 6. The molecule has 0 heterocycles. The van der Waals surface area contributed by atoms with Gasteiger partial charge in [0.2, 0.25) is 5.12 Å². The van der Waals surface area contributed by atoms with E-state index in [0.717, 1.165) is 17.8 Å². The molecule has 0 fully saturated rings. The van der Waals surface area contributed by atoms with Crippen molar-refractivity contribution >= 4 is 28.8 Å². The smallest absolute Gasteiger partial charge is 0.338 e. The Hall–Kier alpha value is -3.12. The van der Waals surface area contributed by atoms with E-state index in [1.54, 1.807) is 55.5 Å². The highest BCUT2D eigenvalue weighted by Crippen LogP contribution is 2.26. The number of ether oxygens (including phenoxy) is 2. The summed E-state index contributed by atoms with van der Waals surface area (Å²) in [5, 5.41) is -0.168. The van der Waals surface area contributed by atoms with Crippen LogP contribution < -0.4 is 9.47 Å². The van der Waals surface area contributed by atoms with E-state index in [4.69, 9.17) is 9.47 Å². The normalized spacial score (nSPS) is 9.88. The van der Waals surface area contributed by atoms with Crippen LogP contribution in [0.3, 0.4) is 0 Å². The molecule has 0 N–H and O–H groups in total. The molecule has 5 nitrogen and oxygen atoms in total. The molecule has 0 aromatic heterocycles. The van der Waals surface area contributed by atoms with E-state index < -0.39 is 11.9 Å². The second kappa shape index (κ2) is 8.82. The fourth-order valence-corrected chi connectivity index (χ4v) is 2.49. The Bertz CT molecular complexity index is 851. The molecule has 0 amide bonds. The van der Waals surface area contributed by atoms with Gasteiger partial charge >= 0.3 is 11.9 Å². The molecule has 0 aliphatic carbocycles. The first-order valence-electron chi connectivity index (χ1n) is 7.53. The summed E-state index contributed by atoms with van der Waals surface area (Å²) in [5.41, 5.74) is 0.759. The lowest BCUT2D eigenvalue weighted by atomic mass is 10.2. The number of hydrogen-bond donors (Lipinski definition) is 0. The van der Waals surface area contributed by atoms with Crippen LogP contribution in [0, 0.1) is 0 Å². The van der Waals surface area contributed by atoms with E-state index in [2.05, 4.69) is 13.2 Å². The standard InChI is InChI=1S/C20H16O5S/c1-4-18(21)24-15-9-11-17(12-10-15)26-20(23)14-5-7-16(8-6-14)25-19(22)13(2)3/h4-12H,1-2H2,3H3. The average molecular weight is 368 g/mol. The van der Waals surface area contributed by atoms with E-state index in [1.165, 1.54) is 0 Å². The number of benzene rings is 2. The fourth-order valence-electron chi connectivity index (χ4n) is 1.75. The highest BCUT2D eigenvalue weighted by Gasteiger charge is 2.10. The molecule has 0 aliphatic heterocycles. The van der Waals surface area contributed by atoms with Gasteiger partial charge in [-0.1, -0.05) is 13.2 Å². The topological polar surface area (TPSA) is 69.7 Å². The monoisotopic (exact) mass is 368 g/mol. The van der Waals surface area contributed by atoms with Gasteiger partial charge in [0.1, 0.15) is 11.5 Å². The second-order valence-electron chi connectivity index (χ2n) is 5.18. The summed E-state index contributed by atoms with van der Waals surface area (Å²) in [7, 11) is 0. The number of carbonyl (C=O) groups is 3. The van der Waals surface area contributed by atoms with Crippen molar-refractivity contribution in [2.24, 2.45) is 0 Å². The maximum atomic E-state index is 12.3. The van der Waals surface area contributed by atoms with E-state index in [0.29, 0.717) is 27.5 Å². The third kappa shape index (κ3) is 5.46. The van der Waals surface area contributed by atoms with Gasteiger partial charge in [-0.25, -0.2) is 9.59 Å². The van der Waals surface area contributed by atoms with Gasteiger partial charge in [-0.3, -0.25) is 4.79 Å². The van der Waals surface area contributed by atoms with Gasteiger partial charge in [-0.05, 0) is 67.2 Å². The zero-order chi connectivity index (χ0) is 19.1.